The molecule has 2 aromatic heterocycles. The fourth-order valence-electron chi connectivity index (χ4n) is 3.53. The van der Waals surface area contributed by atoms with Gasteiger partial charge in [0.2, 0.25) is 0 Å². The fraction of sp³-hybridized carbons (Fsp3) is 0.400. The molecule has 4 rings (SSSR count). The normalized spacial score (nSPS) is 17.7. The zero-order valence-corrected chi connectivity index (χ0v) is 17.2. The number of alkyl carbamates (subject to hydrolysis) is 1. The Balaban J connectivity index is 0.00000272. The summed E-state index contributed by atoms with van der Waals surface area (Å²) in [7, 11) is 1.65. The van der Waals surface area contributed by atoms with Crippen molar-refractivity contribution < 1.29 is 19.7 Å². The largest absolute Gasteiger partial charge is 0.497 e. The second kappa shape index (κ2) is 10.5. The molecular weight excluding hydrogens is 402 g/mol. The van der Waals surface area contributed by atoms with Crippen LogP contribution in [0.5, 0.6) is 5.75 Å². The lowest BCUT2D eigenvalue weighted by Crippen LogP contribution is -2.39. The van der Waals surface area contributed by atoms with Crippen LogP contribution in [0, 0.1) is 0 Å². The second-order valence-corrected chi connectivity index (χ2v) is 7.02. The first-order valence-corrected chi connectivity index (χ1v) is 9.91. The summed E-state index contributed by atoms with van der Waals surface area (Å²) in [6, 6.07) is 8.04. The number of hydrogen-bond acceptors (Lipinski definition) is 8. The number of aromatic amines is 1. The summed E-state index contributed by atoms with van der Waals surface area (Å²) in [5.41, 5.74) is 2.50. The number of rotatable bonds is 8. The van der Waals surface area contributed by atoms with E-state index in [9.17, 15) is 4.79 Å². The molecule has 0 aliphatic carbocycles. The SMILES string of the molecule is COc1ccc(CC2NCCC2OC(=O)NCCNc2ncnc3nc[nH]c23)cc1.O. The first kappa shape index (κ1) is 22.2. The molecule has 3 heterocycles. The predicted molar refractivity (Wildman–Crippen MR) is 115 cm³/mol. The molecule has 1 aromatic carbocycles. The molecule has 2 atom stereocenters. The molecule has 2 unspecified atom stereocenters. The van der Waals surface area contributed by atoms with Gasteiger partial charge in [-0.05, 0) is 37.1 Å². The number of benzene rings is 1. The molecule has 0 saturated carbocycles. The van der Waals surface area contributed by atoms with Crippen molar-refractivity contribution in [2.75, 3.05) is 32.1 Å². The maximum Gasteiger partial charge on any atom is 0.407 e. The van der Waals surface area contributed by atoms with Crippen LogP contribution in [0.2, 0.25) is 0 Å². The van der Waals surface area contributed by atoms with Gasteiger partial charge in [-0.25, -0.2) is 19.7 Å². The first-order valence-electron chi connectivity index (χ1n) is 9.91. The number of H-pyrrole nitrogens is 1. The van der Waals surface area contributed by atoms with E-state index in [-0.39, 0.29) is 17.6 Å². The van der Waals surface area contributed by atoms with Gasteiger partial charge in [-0.2, -0.15) is 0 Å². The zero-order chi connectivity index (χ0) is 20.8. The number of hydrogen-bond donors (Lipinski definition) is 4. The van der Waals surface area contributed by atoms with Gasteiger partial charge in [0.1, 0.15) is 23.7 Å². The summed E-state index contributed by atoms with van der Waals surface area (Å²) in [6.07, 6.45) is 4.02. The van der Waals surface area contributed by atoms with Crippen molar-refractivity contribution in [1.29, 1.82) is 0 Å². The molecule has 11 heteroatoms. The van der Waals surface area contributed by atoms with E-state index in [4.69, 9.17) is 9.47 Å². The molecule has 31 heavy (non-hydrogen) atoms. The number of nitrogens with zero attached hydrogens (tertiary/aromatic N) is 3. The van der Waals surface area contributed by atoms with Gasteiger partial charge in [-0.15, -0.1) is 0 Å². The van der Waals surface area contributed by atoms with Crippen LogP contribution in [-0.4, -0.2) is 70.4 Å². The highest BCUT2D eigenvalue weighted by Crippen LogP contribution is 2.19. The molecule has 0 radical (unpaired) electrons. The zero-order valence-electron chi connectivity index (χ0n) is 17.2. The van der Waals surface area contributed by atoms with Crippen molar-refractivity contribution in [3.8, 4) is 5.75 Å². The van der Waals surface area contributed by atoms with E-state index in [2.05, 4.69) is 35.9 Å². The third-order valence-electron chi connectivity index (χ3n) is 5.07. The monoisotopic (exact) mass is 429 g/mol. The highest BCUT2D eigenvalue weighted by Gasteiger charge is 2.30. The summed E-state index contributed by atoms with van der Waals surface area (Å²) in [5.74, 6) is 1.47. The quantitative estimate of drug-likeness (QED) is 0.380. The second-order valence-electron chi connectivity index (χ2n) is 7.02. The Bertz CT molecular complexity index is 979. The molecule has 0 spiro atoms. The fourth-order valence-corrected chi connectivity index (χ4v) is 3.53. The van der Waals surface area contributed by atoms with Crippen LogP contribution in [-0.2, 0) is 11.2 Å². The van der Waals surface area contributed by atoms with Crippen LogP contribution in [0.15, 0.2) is 36.9 Å². The van der Waals surface area contributed by atoms with E-state index in [1.807, 2.05) is 24.3 Å². The summed E-state index contributed by atoms with van der Waals surface area (Å²) >= 11 is 0. The topological polar surface area (TPSA) is 158 Å². The minimum absolute atomic E-state index is 0. The number of carbonyl (C=O) groups excluding carboxylic acids is 1. The minimum Gasteiger partial charge on any atom is -0.497 e. The number of methoxy groups -OCH3 is 1. The number of ether oxygens (including phenoxy) is 2. The van der Waals surface area contributed by atoms with Gasteiger partial charge in [-0.3, -0.25) is 0 Å². The third-order valence-corrected chi connectivity index (χ3v) is 5.07. The van der Waals surface area contributed by atoms with E-state index >= 15 is 0 Å². The molecule has 1 aliphatic rings. The van der Waals surface area contributed by atoms with Crippen molar-refractivity contribution in [2.24, 2.45) is 0 Å². The summed E-state index contributed by atoms with van der Waals surface area (Å²) in [6.45, 7) is 1.73. The van der Waals surface area contributed by atoms with E-state index in [1.165, 1.54) is 11.9 Å². The minimum atomic E-state index is -0.417. The highest BCUT2D eigenvalue weighted by atomic mass is 16.6. The van der Waals surface area contributed by atoms with Gasteiger partial charge >= 0.3 is 6.09 Å². The van der Waals surface area contributed by atoms with Crippen LogP contribution >= 0.6 is 0 Å². The number of imidazole rings is 1. The average Bonchev–Trinajstić information content (AvgIpc) is 3.42. The molecule has 1 amide bonds. The molecule has 1 saturated heterocycles. The first-order chi connectivity index (χ1) is 14.7. The van der Waals surface area contributed by atoms with Crippen molar-refractivity contribution in [3.05, 3.63) is 42.5 Å². The molecule has 1 fully saturated rings. The van der Waals surface area contributed by atoms with Crippen LogP contribution in [0.25, 0.3) is 11.2 Å². The number of anilines is 1. The van der Waals surface area contributed by atoms with Crippen molar-refractivity contribution in [1.82, 2.24) is 30.6 Å². The van der Waals surface area contributed by atoms with E-state index in [1.54, 1.807) is 13.4 Å². The lowest BCUT2D eigenvalue weighted by atomic mass is 10.0. The number of carbonyl (C=O) groups is 1. The summed E-state index contributed by atoms with van der Waals surface area (Å²) < 4.78 is 10.8. The lowest BCUT2D eigenvalue weighted by Gasteiger charge is -2.20. The van der Waals surface area contributed by atoms with E-state index < -0.39 is 6.09 Å². The van der Waals surface area contributed by atoms with Crippen molar-refractivity contribution in [2.45, 2.75) is 25.0 Å². The highest BCUT2D eigenvalue weighted by molar-refractivity contribution is 5.81. The van der Waals surface area contributed by atoms with Gasteiger partial charge in [-0.1, -0.05) is 12.1 Å². The maximum atomic E-state index is 12.2. The molecule has 3 aromatic rings. The van der Waals surface area contributed by atoms with Crippen molar-refractivity contribution >= 4 is 23.1 Å². The number of aromatic nitrogens is 4. The Kier molecular flexibility index (Phi) is 7.57. The predicted octanol–water partition coefficient (Wildman–Crippen LogP) is 0.648. The Morgan fingerprint density at radius 1 is 1.19 bits per heavy atom. The Hall–Kier alpha value is -3.44. The number of fused-ring (bicyclic) bond motifs is 1. The Labute approximate surface area is 179 Å². The standard InChI is InChI=1S/C20H25N7O3.H2O/c1-29-14-4-2-13(3-5-14)10-15-16(6-7-21-15)30-20(28)23-9-8-22-18-17-19(25-11-24-17)27-12-26-18;/h2-5,11-12,15-16,21H,6-10H2,1H3,(H,23,28)(H2,22,24,25,26,27);1H2. The van der Waals surface area contributed by atoms with Gasteiger partial charge in [0.05, 0.1) is 13.4 Å². The van der Waals surface area contributed by atoms with Gasteiger partial charge in [0, 0.05) is 19.1 Å². The molecule has 6 N–H and O–H groups in total. The van der Waals surface area contributed by atoms with Crippen LogP contribution in [0.4, 0.5) is 10.6 Å². The Morgan fingerprint density at radius 2 is 2.03 bits per heavy atom. The third kappa shape index (κ3) is 5.58. The number of nitrogens with one attached hydrogen (secondary N) is 4. The molecule has 166 valence electrons. The van der Waals surface area contributed by atoms with Gasteiger partial charge < -0.3 is 35.9 Å². The van der Waals surface area contributed by atoms with Crippen LogP contribution < -0.4 is 20.7 Å². The van der Waals surface area contributed by atoms with Gasteiger partial charge in [0.15, 0.2) is 11.5 Å². The molecular formula is C20H27N7O4. The van der Waals surface area contributed by atoms with E-state index in [0.717, 1.165) is 30.7 Å². The van der Waals surface area contributed by atoms with E-state index in [0.29, 0.717) is 24.6 Å². The Morgan fingerprint density at radius 3 is 2.84 bits per heavy atom. The number of amides is 1. The molecule has 1 aliphatic heterocycles. The lowest BCUT2D eigenvalue weighted by molar-refractivity contribution is 0.0904. The summed E-state index contributed by atoms with van der Waals surface area (Å²) in [4.78, 5) is 27.6. The van der Waals surface area contributed by atoms with Crippen LogP contribution in [0.3, 0.4) is 0 Å². The van der Waals surface area contributed by atoms with Gasteiger partial charge in [0.25, 0.3) is 0 Å². The summed E-state index contributed by atoms with van der Waals surface area (Å²) in [5, 5.41) is 9.36. The molecule has 11 nitrogen and oxygen atoms in total. The van der Waals surface area contributed by atoms with Crippen LogP contribution in [0.1, 0.15) is 12.0 Å². The smallest absolute Gasteiger partial charge is 0.407 e. The molecule has 0 bridgehead atoms. The van der Waals surface area contributed by atoms with Crippen molar-refractivity contribution in [3.63, 3.8) is 0 Å². The maximum absolute atomic E-state index is 12.2. The average molecular weight is 429 g/mol.